The first kappa shape index (κ1) is 7.94. The predicted octanol–water partition coefficient (Wildman–Crippen LogP) is 1.83. The maximum absolute atomic E-state index is 5.15. The van der Waals surface area contributed by atoms with Crippen molar-refractivity contribution in [1.82, 2.24) is 5.32 Å². The quantitative estimate of drug-likeness (QED) is 0.558. The minimum atomic E-state index is 0.718. The van der Waals surface area contributed by atoms with Crippen LogP contribution in [0.4, 0.5) is 0 Å². The van der Waals surface area contributed by atoms with E-state index >= 15 is 0 Å². The summed E-state index contributed by atoms with van der Waals surface area (Å²) < 4.78 is 0. The predicted molar refractivity (Wildman–Crippen MR) is 47.9 cm³/mol. The van der Waals surface area contributed by atoms with E-state index in [0.29, 0.717) is 0 Å². The summed E-state index contributed by atoms with van der Waals surface area (Å²) in [6.45, 7) is 4.95. The van der Waals surface area contributed by atoms with Gasteiger partial charge < -0.3 is 5.32 Å². The largest absolute Gasteiger partial charge is 0.385 e. The van der Waals surface area contributed by atoms with Crippen molar-refractivity contribution in [1.29, 1.82) is 0 Å². The minimum Gasteiger partial charge on any atom is -0.385 e. The number of rotatable bonds is 1. The highest BCUT2D eigenvalue weighted by Gasteiger charge is 2.06. The van der Waals surface area contributed by atoms with E-state index in [1.807, 2.05) is 0 Å². The highest BCUT2D eigenvalue weighted by molar-refractivity contribution is 5.29. The van der Waals surface area contributed by atoms with Crippen LogP contribution in [0, 0.1) is 12.3 Å². The van der Waals surface area contributed by atoms with E-state index in [9.17, 15) is 0 Å². The average Bonchev–Trinajstić information content (AvgIpc) is 2.03. The van der Waals surface area contributed by atoms with Crippen LogP contribution in [-0.2, 0) is 0 Å². The molecule has 58 valence electrons. The van der Waals surface area contributed by atoms with Gasteiger partial charge in [-0.25, -0.2) is 0 Å². The van der Waals surface area contributed by atoms with Crippen LogP contribution < -0.4 is 5.32 Å². The molecule has 0 aromatic heterocycles. The fraction of sp³-hybridized carbons (Fsp3) is 0.400. The van der Waals surface area contributed by atoms with Crippen molar-refractivity contribution in [2.24, 2.45) is 0 Å². The van der Waals surface area contributed by atoms with E-state index in [1.54, 1.807) is 0 Å². The molecule has 1 heteroatoms. The van der Waals surface area contributed by atoms with Gasteiger partial charge in [0.05, 0.1) is 0 Å². The molecule has 0 aromatic carbocycles. The van der Waals surface area contributed by atoms with Gasteiger partial charge in [-0.05, 0) is 18.4 Å². The number of hydrogen-bond donors (Lipinski definition) is 1. The first-order chi connectivity index (χ1) is 5.34. The molecule has 1 heterocycles. The standard InChI is InChI=1S/C10H13N/c1-3-4-6-10-7-5-8-11-9(10)2/h1,6,11H,2,4-5,7-8H2/b10-6-. The number of piperidine rings is 1. The summed E-state index contributed by atoms with van der Waals surface area (Å²) >= 11 is 0. The van der Waals surface area contributed by atoms with Crippen molar-refractivity contribution in [3.8, 4) is 12.3 Å². The second-order valence-electron chi connectivity index (χ2n) is 2.65. The van der Waals surface area contributed by atoms with Crippen LogP contribution in [0.15, 0.2) is 23.9 Å². The van der Waals surface area contributed by atoms with Gasteiger partial charge in [-0.1, -0.05) is 12.7 Å². The van der Waals surface area contributed by atoms with Crippen LogP contribution in [0.2, 0.25) is 0 Å². The van der Waals surface area contributed by atoms with E-state index in [-0.39, 0.29) is 0 Å². The third kappa shape index (κ3) is 2.16. The zero-order valence-corrected chi connectivity index (χ0v) is 6.69. The number of hydrogen-bond acceptors (Lipinski definition) is 1. The Labute approximate surface area is 68.2 Å². The summed E-state index contributed by atoms with van der Waals surface area (Å²) in [6, 6.07) is 0. The lowest BCUT2D eigenvalue weighted by molar-refractivity contribution is 0.669. The Hall–Kier alpha value is -1.16. The molecule has 1 saturated heterocycles. The van der Waals surface area contributed by atoms with Crippen LogP contribution in [0.25, 0.3) is 0 Å². The number of terminal acetylenes is 1. The van der Waals surface area contributed by atoms with Crippen LogP contribution in [0.1, 0.15) is 19.3 Å². The van der Waals surface area contributed by atoms with Gasteiger partial charge in [0.1, 0.15) is 0 Å². The summed E-state index contributed by atoms with van der Waals surface area (Å²) in [7, 11) is 0. The minimum absolute atomic E-state index is 0.718. The molecule has 1 aliphatic rings. The first-order valence-corrected chi connectivity index (χ1v) is 3.90. The molecule has 0 radical (unpaired) electrons. The lowest BCUT2D eigenvalue weighted by atomic mass is 10.0. The lowest BCUT2D eigenvalue weighted by Crippen LogP contribution is -2.20. The monoisotopic (exact) mass is 147 g/mol. The molecule has 0 aromatic rings. The van der Waals surface area contributed by atoms with E-state index < -0.39 is 0 Å². The van der Waals surface area contributed by atoms with Gasteiger partial charge in [-0.3, -0.25) is 0 Å². The molecule has 0 saturated carbocycles. The topological polar surface area (TPSA) is 12.0 Å². The SMILES string of the molecule is C#CC/C=C1/CCCNC1=C. The van der Waals surface area contributed by atoms with Gasteiger partial charge in [-0.2, -0.15) is 0 Å². The van der Waals surface area contributed by atoms with Crippen LogP contribution >= 0.6 is 0 Å². The molecule has 0 aliphatic carbocycles. The van der Waals surface area contributed by atoms with Gasteiger partial charge in [0, 0.05) is 18.7 Å². The van der Waals surface area contributed by atoms with Crippen molar-refractivity contribution in [3.05, 3.63) is 23.9 Å². The van der Waals surface area contributed by atoms with Gasteiger partial charge in [-0.15, -0.1) is 12.3 Å². The maximum atomic E-state index is 5.15. The Kier molecular flexibility index (Phi) is 2.80. The Morgan fingerprint density at radius 1 is 1.73 bits per heavy atom. The molecule has 11 heavy (non-hydrogen) atoms. The zero-order chi connectivity index (χ0) is 8.10. The first-order valence-electron chi connectivity index (χ1n) is 3.90. The average molecular weight is 147 g/mol. The van der Waals surface area contributed by atoms with Crippen molar-refractivity contribution in [3.63, 3.8) is 0 Å². The molecule has 0 bridgehead atoms. The molecule has 0 spiro atoms. The molecule has 0 unspecified atom stereocenters. The van der Waals surface area contributed by atoms with Gasteiger partial charge in [0.2, 0.25) is 0 Å². The van der Waals surface area contributed by atoms with Crippen molar-refractivity contribution < 1.29 is 0 Å². The van der Waals surface area contributed by atoms with Gasteiger partial charge >= 0.3 is 0 Å². The van der Waals surface area contributed by atoms with Gasteiger partial charge in [0.15, 0.2) is 0 Å². The Balaban J connectivity index is 2.55. The molecule has 1 N–H and O–H groups in total. The fourth-order valence-corrected chi connectivity index (χ4v) is 1.19. The van der Waals surface area contributed by atoms with Crippen LogP contribution in [-0.4, -0.2) is 6.54 Å². The second-order valence-corrected chi connectivity index (χ2v) is 2.65. The smallest absolute Gasteiger partial charge is 0.0296 e. The van der Waals surface area contributed by atoms with Gasteiger partial charge in [0.25, 0.3) is 0 Å². The molecule has 1 fully saturated rings. The highest BCUT2D eigenvalue weighted by atomic mass is 14.9. The summed E-state index contributed by atoms with van der Waals surface area (Å²) in [5.74, 6) is 2.59. The zero-order valence-electron chi connectivity index (χ0n) is 6.69. The third-order valence-electron chi connectivity index (χ3n) is 1.82. The van der Waals surface area contributed by atoms with Crippen LogP contribution in [0.5, 0.6) is 0 Å². The van der Waals surface area contributed by atoms with Crippen molar-refractivity contribution >= 4 is 0 Å². The maximum Gasteiger partial charge on any atom is 0.0296 e. The molecular formula is C10H13N. The van der Waals surface area contributed by atoms with E-state index in [0.717, 1.165) is 25.1 Å². The third-order valence-corrected chi connectivity index (χ3v) is 1.82. The second kappa shape index (κ2) is 3.88. The van der Waals surface area contributed by atoms with Crippen LogP contribution in [0.3, 0.4) is 0 Å². The fourth-order valence-electron chi connectivity index (χ4n) is 1.19. The summed E-state index contributed by atoms with van der Waals surface area (Å²) in [5, 5.41) is 3.21. The Bertz CT molecular complexity index is 218. The van der Waals surface area contributed by atoms with Crippen molar-refractivity contribution in [2.45, 2.75) is 19.3 Å². The molecular weight excluding hydrogens is 134 g/mol. The Morgan fingerprint density at radius 2 is 2.55 bits per heavy atom. The molecule has 0 amide bonds. The number of nitrogens with one attached hydrogen (secondary N) is 1. The lowest BCUT2D eigenvalue weighted by Gasteiger charge is -2.18. The van der Waals surface area contributed by atoms with E-state index in [2.05, 4.69) is 23.9 Å². The molecule has 0 atom stereocenters. The Morgan fingerprint density at radius 3 is 3.18 bits per heavy atom. The number of allylic oxidation sites excluding steroid dienone is 2. The summed E-state index contributed by atoms with van der Waals surface area (Å²) in [4.78, 5) is 0. The molecule has 1 rings (SSSR count). The van der Waals surface area contributed by atoms with E-state index in [4.69, 9.17) is 6.42 Å². The highest BCUT2D eigenvalue weighted by Crippen LogP contribution is 2.16. The summed E-state index contributed by atoms with van der Waals surface area (Å²) in [5.41, 5.74) is 2.33. The molecule has 1 nitrogen and oxygen atoms in total. The van der Waals surface area contributed by atoms with E-state index in [1.165, 1.54) is 12.0 Å². The summed E-state index contributed by atoms with van der Waals surface area (Å²) in [6.07, 6.45) is 10.3. The van der Waals surface area contributed by atoms with Crippen molar-refractivity contribution in [2.75, 3.05) is 6.54 Å². The normalized spacial score (nSPS) is 21.0. The molecule has 1 aliphatic heterocycles.